The van der Waals surface area contributed by atoms with E-state index in [0.717, 1.165) is 18.5 Å². The van der Waals surface area contributed by atoms with E-state index in [2.05, 4.69) is 19.2 Å². The fourth-order valence-electron chi connectivity index (χ4n) is 1.45. The van der Waals surface area contributed by atoms with Crippen molar-refractivity contribution in [1.82, 2.24) is 0 Å². The maximum atomic E-state index is 10.8. The zero-order valence-corrected chi connectivity index (χ0v) is 9.99. The molecule has 16 heavy (non-hydrogen) atoms. The van der Waals surface area contributed by atoms with Crippen molar-refractivity contribution in [2.24, 2.45) is 5.92 Å². The molecule has 4 nitrogen and oxygen atoms in total. The van der Waals surface area contributed by atoms with E-state index in [9.17, 15) is 10.1 Å². The van der Waals surface area contributed by atoms with Gasteiger partial charge in [-0.3, -0.25) is 10.1 Å². The smallest absolute Gasteiger partial charge is 0.292 e. The highest BCUT2D eigenvalue weighted by Gasteiger charge is 2.12. The quantitative estimate of drug-likeness (QED) is 0.614. The lowest BCUT2D eigenvalue weighted by atomic mass is 10.1. The highest BCUT2D eigenvalue weighted by molar-refractivity contribution is 5.62. The Hall–Kier alpha value is -1.58. The molecular formula is C12H18N2O2. The van der Waals surface area contributed by atoms with Gasteiger partial charge in [-0.2, -0.15) is 0 Å². The monoisotopic (exact) mass is 222 g/mol. The molecule has 1 N–H and O–H groups in total. The van der Waals surface area contributed by atoms with Crippen LogP contribution in [-0.4, -0.2) is 11.5 Å². The van der Waals surface area contributed by atoms with Gasteiger partial charge in [-0.15, -0.1) is 0 Å². The van der Waals surface area contributed by atoms with Crippen LogP contribution in [0.3, 0.4) is 0 Å². The van der Waals surface area contributed by atoms with Crippen molar-refractivity contribution in [2.45, 2.75) is 27.2 Å². The first kappa shape index (κ1) is 12.5. The normalized spacial score (nSPS) is 10.5. The van der Waals surface area contributed by atoms with E-state index in [4.69, 9.17) is 0 Å². The number of anilines is 1. The number of rotatable bonds is 5. The molecule has 0 aliphatic rings. The standard InChI is InChI=1S/C12H18N2O2/c1-9(2)6-7-13-11-8-10(3)4-5-12(11)14(15)16/h4-5,8-9,13H,6-7H2,1-3H3. The van der Waals surface area contributed by atoms with Gasteiger partial charge in [0.05, 0.1) is 4.92 Å². The van der Waals surface area contributed by atoms with Crippen molar-refractivity contribution in [3.63, 3.8) is 0 Å². The lowest BCUT2D eigenvalue weighted by molar-refractivity contribution is -0.384. The second-order valence-electron chi connectivity index (χ2n) is 4.39. The van der Waals surface area contributed by atoms with E-state index in [0.29, 0.717) is 11.6 Å². The van der Waals surface area contributed by atoms with Crippen LogP contribution in [0.5, 0.6) is 0 Å². The Balaban J connectivity index is 2.76. The molecule has 0 fully saturated rings. The summed E-state index contributed by atoms with van der Waals surface area (Å²) in [6.07, 6.45) is 1.01. The molecule has 0 unspecified atom stereocenters. The number of hydrogen-bond donors (Lipinski definition) is 1. The minimum atomic E-state index is -0.350. The first-order chi connectivity index (χ1) is 7.50. The van der Waals surface area contributed by atoms with Gasteiger partial charge < -0.3 is 5.32 Å². The van der Waals surface area contributed by atoms with E-state index < -0.39 is 0 Å². The molecule has 0 heterocycles. The van der Waals surface area contributed by atoms with Gasteiger partial charge in [0.25, 0.3) is 5.69 Å². The van der Waals surface area contributed by atoms with Crippen molar-refractivity contribution in [1.29, 1.82) is 0 Å². The first-order valence-corrected chi connectivity index (χ1v) is 5.49. The van der Waals surface area contributed by atoms with Crippen molar-refractivity contribution in [2.75, 3.05) is 11.9 Å². The van der Waals surface area contributed by atoms with Crippen LogP contribution < -0.4 is 5.32 Å². The fraction of sp³-hybridized carbons (Fsp3) is 0.500. The molecule has 0 bridgehead atoms. The van der Waals surface area contributed by atoms with E-state index in [1.54, 1.807) is 12.1 Å². The van der Waals surface area contributed by atoms with Crippen molar-refractivity contribution in [3.8, 4) is 0 Å². The molecule has 0 aliphatic heterocycles. The summed E-state index contributed by atoms with van der Waals surface area (Å²) in [5.74, 6) is 0.594. The Kier molecular flexibility index (Phi) is 4.28. The molecule has 4 heteroatoms. The van der Waals surface area contributed by atoms with Crippen LogP contribution in [0.2, 0.25) is 0 Å². The van der Waals surface area contributed by atoms with Crippen LogP contribution in [0, 0.1) is 23.0 Å². The van der Waals surface area contributed by atoms with Crippen LogP contribution in [-0.2, 0) is 0 Å². The molecule has 0 aromatic heterocycles. The van der Waals surface area contributed by atoms with Gasteiger partial charge >= 0.3 is 0 Å². The minimum absolute atomic E-state index is 0.148. The van der Waals surface area contributed by atoms with E-state index >= 15 is 0 Å². The Morgan fingerprint density at radius 2 is 2.12 bits per heavy atom. The average molecular weight is 222 g/mol. The maximum absolute atomic E-state index is 10.8. The van der Waals surface area contributed by atoms with Crippen molar-refractivity contribution in [3.05, 3.63) is 33.9 Å². The van der Waals surface area contributed by atoms with Gasteiger partial charge in [0.2, 0.25) is 0 Å². The van der Waals surface area contributed by atoms with Gasteiger partial charge in [0, 0.05) is 12.6 Å². The van der Waals surface area contributed by atoms with Gasteiger partial charge in [0.15, 0.2) is 0 Å². The number of benzene rings is 1. The minimum Gasteiger partial charge on any atom is -0.379 e. The topological polar surface area (TPSA) is 55.2 Å². The molecule has 1 rings (SSSR count). The number of aryl methyl sites for hydroxylation is 1. The molecule has 0 amide bonds. The highest BCUT2D eigenvalue weighted by Crippen LogP contribution is 2.25. The van der Waals surface area contributed by atoms with Crippen LogP contribution in [0.4, 0.5) is 11.4 Å². The molecule has 1 aromatic carbocycles. The van der Waals surface area contributed by atoms with Gasteiger partial charge in [-0.05, 0) is 30.9 Å². The Morgan fingerprint density at radius 3 is 2.69 bits per heavy atom. The summed E-state index contributed by atoms with van der Waals surface area (Å²) in [7, 11) is 0. The van der Waals surface area contributed by atoms with E-state index in [1.807, 2.05) is 13.0 Å². The average Bonchev–Trinajstić information content (AvgIpc) is 2.16. The molecule has 0 spiro atoms. The number of nitro groups is 1. The zero-order valence-electron chi connectivity index (χ0n) is 9.99. The second-order valence-corrected chi connectivity index (χ2v) is 4.39. The summed E-state index contributed by atoms with van der Waals surface area (Å²) >= 11 is 0. The third-order valence-electron chi connectivity index (χ3n) is 2.39. The molecule has 0 aliphatic carbocycles. The molecule has 1 aromatic rings. The zero-order chi connectivity index (χ0) is 12.1. The molecule has 88 valence electrons. The van der Waals surface area contributed by atoms with Crippen molar-refractivity contribution >= 4 is 11.4 Å². The third-order valence-corrected chi connectivity index (χ3v) is 2.39. The summed E-state index contributed by atoms with van der Waals surface area (Å²) in [6, 6.07) is 5.12. The molecule has 0 saturated heterocycles. The Morgan fingerprint density at radius 1 is 1.44 bits per heavy atom. The SMILES string of the molecule is Cc1ccc([N+](=O)[O-])c(NCCC(C)C)c1. The molecular weight excluding hydrogens is 204 g/mol. The lowest BCUT2D eigenvalue weighted by Crippen LogP contribution is -2.06. The van der Waals surface area contributed by atoms with E-state index in [-0.39, 0.29) is 10.6 Å². The largest absolute Gasteiger partial charge is 0.379 e. The number of nitrogens with zero attached hydrogens (tertiary/aromatic N) is 1. The first-order valence-electron chi connectivity index (χ1n) is 5.49. The molecule has 0 saturated carbocycles. The third kappa shape index (κ3) is 3.53. The van der Waals surface area contributed by atoms with Crippen LogP contribution in [0.15, 0.2) is 18.2 Å². The second kappa shape index (κ2) is 5.49. The number of nitro benzene ring substituents is 1. The van der Waals surface area contributed by atoms with Crippen LogP contribution in [0.1, 0.15) is 25.8 Å². The van der Waals surface area contributed by atoms with Crippen LogP contribution >= 0.6 is 0 Å². The van der Waals surface area contributed by atoms with Gasteiger partial charge in [-0.25, -0.2) is 0 Å². The lowest BCUT2D eigenvalue weighted by Gasteiger charge is -2.09. The van der Waals surface area contributed by atoms with E-state index in [1.165, 1.54) is 0 Å². The summed E-state index contributed by atoms with van der Waals surface area (Å²) in [4.78, 5) is 10.4. The predicted octanol–water partition coefficient (Wildman–Crippen LogP) is 3.36. The van der Waals surface area contributed by atoms with Gasteiger partial charge in [0.1, 0.15) is 5.69 Å². The molecule has 0 atom stereocenters. The highest BCUT2D eigenvalue weighted by atomic mass is 16.6. The fourth-order valence-corrected chi connectivity index (χ4v) is 1.45. The number of hydrogen-bond acceptors (Lipinski definition) is 3. The molecule has 0 radical (unpaired) electrons. The maximum Gasteiger partial charge on any atom is 0.292 e. The summed E-state index contributed by atoms with van der Waals surface area (Å²) in [5.41, 5.74) is 1.79. The van der Waals surface area contributed by atoms with Gasteiger partial charge in [-0.1, -0.05) is 19.9 Å². The van der Waals surface area contributed by atoms with Crippen LogP contribution in [0.25, 0.3) is 0 Å². The Bertz CT molecular complexity index is 375. The summed E-state index contributed by atoms with van der Waals surface area (Å²) in [5, 5.41) is 13.9. The summed E-state index contributed by atoms with van der Waals surface area (Å²) < 4.78 is 0. The van der Waals surface area contributed by atoms with Crippen molar-refractivity contribution < 1.29 is 4.92 Å². The summed E-state index contributed by atoms with van der Waals surface area (Å²) in [6.45, 7) is 6.96. The predicted molar refractivity (Wildman–Crippen MR) is 65.8 cm³/mol. The Labute approximate surface area is 95.8 Å². The number of nitrogens with one attached hydrogen (secondary N) is 1.